The Bertz CT molecular complexity index is 1010. The summed E-state index contributed by atoms with van der Waals surface area (Å²) in [5.74, 6) is -0.101. The van der Waals surface area contributed by atoms with Crippen LogP contribution in [0.25, 0.3) is 0 Å². The van der Waals surface area contributed by atoms with E-state index in [1.807, 2.05) is 48.2 Å². The lowest BCUT2D eigenvalue weighted by molar-refractivity contribution is -0.128. The third kappa shape index (κ3) is 4.05. The number of hydrogen-bond acceptors (Lipinski definition) is 5. The molecule has 0 bridgehead atoms. The van der Waals surface area contributed by atoms with Crippen molar-refractivity contribution in [2.45, 2.75) is 32.4 Å². The lowest BCUT2D eigenvalue weighted by atomic mass is 10.1. The predicted octanol–water partition coefficient (Wildman–Crippen LogP) is 2.15. The molecule has 2 aliphatic rings. The van der Waals surface area contributed by atoms with E-state index in [1.165, 1.54) is 4.90 Å². The highest BCUT2D eigenvalue weighted by Gasteiger charge is 2.38. The Morgan fingerprint density at radius 2 is 1.87 bits per heavy atom. The first-order valence-corrected chi connectivity index (χ1v) is 10.5. The molecule has 0 radical (unpaired) electrons. The molecule has 0 unspecified atom stereocenters. The molecule has 0 saturated carbocycles. The van der Waals surface area contributed by atoms with Crippen molar-refractivity contribution in [1.29, 1.82) is 0 Å². The molecule has 4 rings (SSSR count). The van der Waals surface area contributed by atoms with E-state index in [0.29, 0.717) is 23.7 Å². The van der Waals surface area contributed by atoms with Crippen LogP contribution in [0.5, 0.6) is 5.75 Å². The molecular weight excluding hydrogens is 396 g/mol. The zero-order chi connectivity index (χ0) is 22.0. The molecule has 31 heavy (non-hydrogen) atoms. The molecule has 2 N–H and O–H groups in total. The van der Waals surface area contributed by atoms with Gasteiger partial charge >= 0.3 is 0 Å². The fourth-order valence-electron chi connectivity index (χ4n) is 3.92. The SMILES string of the molecule is CCCNC(=O)[C@H]1CN([C@@H](C)C(=O)N2CC(=O)Nc3ccccc32)c2ccccc2O1. The maximum absolute atomic E-state index is 13.5. The van der Waals surface area contributed by atoms with E-state index in [4.69, 9.17) is 4.74 Å². The summed E-state index contributed by atoms with van der Waals surface area (Å²) in [6, 6.07) is 14.0. The maximum Gasteiger partial charge on any atom is 0.262 e. The van der Waals surface area contributed by atoms with E-state index in [9.17, 15) is 14.4 Å². The molecule has 2 atom stereocenters. The van der Waals surface area contributed by atoms with Gasteiger partial charge in [0, 0.05) is 6.54 Å². The summed E-state index contributed by atoms with van der Waals surface area (Å²) in [7, 11) is 0. The van der Waals surface area contributed by atoms with Crippen LogP contribution in [0.3, 0.4) is 0 Å². The van der Waals surface area contributed by atoms with Gasteiger partial charge < -0.3 is 20.3 Å². The Labute approximate surface area is 181 Å². The van der Waals surface area contributed by atoms with E-state index in [-0.39, 0.29) is 30.8 Å². The van der Waals surface area contributed by atoms with Crippen molar-refractivity contribution in [3.8, 4) is 5.75 Å². The van der Waals surface area contributed by atoms with Gasteiger partial charge in [0.05, 0.1) is 23.6 Å². The molecule has 162 valence electrons. The second-order valence-corrected chi connectivity index (χ2v) is 7.68. The maximum atomic E-state index is 13.5. The van der Waals surface area contributed by atoms with Crippen LogP contribution in [-0.4, -0.2) is 49.5 Å². The molecule has 0 spiro atoms. The smallest absolute Gasteiger partial charge is 0.262 e. The van der Waals surface area contributed by atoms with Crippen molar-refractivity contribution in [2.75, 3.05) is 34.8 Å². The van der Waals surface area contributed by atoms with Gasteiger partial charge in [0.2, 0.25) is 11.8 Å². The van der Waals surface area contributed by atoms with E-state index in [0.717, 1.165) is 12.1 Å². The zero-order valence-electron chi connectivity index (χ0n) is 17.6. The minimum Gasteiger partial charge on any atom is -0.477 e. The van der Waals surface area contributed by atoms with Crippen LogP contribution in [0.2, 0.25) is 0 Å². The van der Waals surface area contributed by atoms with Gasteiger partial charge in [0.25, 0.3) is 5.91 Å². The summed E-state index contributed by atoms with van der Waals surface area (Å²) in [6.07, 6.45) is 0.0954. The largest absolute Gasteiger partial charge is 0.477 e. The number of carbonyl (C=O) groups excluding carboxylic acids is 3. The Morgan fingerprint density at radius 3 is 2.65 bits per heavy atom. The number of nitrogens with zero attached hydrogens (tertiary/aromatic N) is 2. The second-order valence-electron chi connectivity index (χ2n) is 7.68. The molecule has 0 aliphatic carbocycles. The fourth-order valence-corrected chi connectivity index (χ4v) is 3.92. The number of hydrogen-bond donors (Lipinski definition) is 2. The minimum absolute atomic E-state index is 0.0490. The van der Waals surface area contributed by atoms with Crippen LogP contribution in [0.1, 0.15) is 20.3 Å². The predicted molar refractivity (Wildman–Crippen MR) is 118 cm³/mol. The van der Waals surface area contributed by atoms with Gasteiger partial charge in [-0.25, -0.2) is 0 Å². The summed E-state index contributed by atoms with van der Waals surface area (Å²) >= 11 is 0. The van der Waals surface area contributed by atoms with Crippen LogP contribution >= 0.6 is 0 Å². The molecule has 2 heterocycles. The first-order chi connectivity index (χ1) is 15.0. The van der Waals surface area contributed by atoms with Gasteiger partial charge in [-0.2, -0.15) is 0 Å². The van der Waals surface area contributed by atoms with Crippen LogP contribution in [0, 0.1) is 0 Å². The average Bonchev–Trinajstić information content (AvgIpc) is 2.80. The first kappa shape index (κ1) is 20.7. The van der Waals surface area contributed by atoms with Crippen LogP contribution in [0.4, 0.5) is 17.1 Å². The molecule has 8 heteroatoms. The van der Waals surface area contributed by atoms with Gasteiger partial charge in [-0.15, -0.1) is 0 Å². The van der Waals surface area contributed by atoms with E-state index in [1.54, 1.807) is 19.1 Å². The molecule has 2 aromatic rings. The average molecular weight is 422 g/mol. The van der Waals surface area contributed by atoms with E-state index in [2.05, 4.69) is 10.6 Å². The minimum atomic E-state index is -0.728. The van der Waals surface area contributed by atoms with Crippen molar-refractivity contribution in [3.05, 3.63) is 48.5 Å². The lowest BCUT2D eigenvalue weighted by Gasteiger charge is -2.40. The number of rotatable bonds is 5. The highest BCUT2D eigenvalue weighted by atomic mass is 16.5. The molecule has 2 aromatic carbocycles. The number of anilines is 3. The number of fused-ring (bicyclic) bond motifs is 2. The van der Waals surface area contributed by atoms with Crippen LogP contribution in [0.15, 0.2) is 48.5 Å². The summed E-state index contributed by atoms with van der Waals surface area (Å²) in [4.78, 5) is 41.7. The fraction of sp³-hybridized carbons (Fsp3) is 0.348. The molecule has 0 saturated heterocycles. The molecular formula is C23H26N4O4. The van der Waals surface area contributed by atoms with Crippen molar-refractivity contribution in [2.24, 2.45) is 0 Å². The third-order valence-corrected chi connectivity index (χ3v) is 5.51. The Hall–Kier alpha value is -3.55. The summed E-state index contributed by atoms with van der Waals surface area (Å²) in [5.41, 5.74) is 2.02. The van der Waals surface area contributed by atoms with E-state index >= 15 is 0 Å². The second kappa shape index (κ2) is 8.67. The zero-order valence-corrected chi connectivity index (χ0v) is 17.6. The number of para-hydroxylation sites is 4. The Morgan fingerprint density at radius 1 is 1.16 bits per heavy atom. The van der Waals surface area contributed by atoms with Gasteiger partial charge in [-0.3, -0.25) is 19.3 Å². The lowest BCUT2D eigenvalue weighted by Crippen LogP contribution is -2.56. The number of ether oxygens (including phenoxy) is 1. The summed E-state index contributed by atoms with van der Waals surface area (Å²) in [6.45, 7) is 4.53. The first-order valence-electron chi connectivity index (χ1n) is 10.5. The standard InChI is InChI=1S/C23H26N4O4/c1-3-12-24-22(29)20-13-26(18-10-6-7-11-19(18)31-20)15(2)23(30)27-14-21(28)25-16-8-4-5-9-17(16)27/h4-11,15,20H,3,12-14H2,1-2H3,(H,24,29)(H,25,28)/t15-,20+/m0/s1. The van der Waals surface area contributed by atoms with Gasteiger partial charge in [0.1, 0.15) is 18.3 Å². The van der Waals surface area contributed by atoms with Gasteiger partial charge in [-0.05, 0) is 37.6 Å². The van der Waals surface area contributed by atoms with Crippen LogP contribution < -0.4 is 25.2 Å². The molecule has 3 amide bonds. The quantitative estimate of drug-likeness (QED) is 0.771. The molecule has 2 aliphatic heterocycles. The number of benzene rings is 2. The molecule has 0 aromatic heterocycles. The number of carbonyl (C=O) groups is 3. The van der Waals surface area contributed by atoms with Gasteiger partial charge in [0.15, 0.2) is 6.10 Å². The Balaban J connectivity index is 1.62. The molecule has 0 fully saturated rings. The van der Waals surface area contributed by atoms with Crippen molar-refractivity contribution in [3.63, 3.8) is 0 Å². The summed E-state index contributed by atoms with van der Waals surface area (Å²) < 4.78 is 5.93. The van der Waals surface area contributed by atoms with Crippen molar-refractivity contribution >= 4 is 34.8 Å². The molecule has 8 nitrogen and oxygen atoms in total. The normalized spacial score (nSPS) is 18.3. The summed E-state index contributed by atoms with van der Waals surface area (Å²) in [5, 5.41) is 5.67. The van der Waals surface area contributed by atoms with Crippen molar-refractivity contribution < 1.29 is 19.1 Å². The van der Waals surface area contributed by atoms with Gasteiger partial charge in [-0.1, -0.05) is 31.2 Å². The topological polar surface area (TPSA) is 91.0 Å². The van der Waals surface area contributed by atoms with Crippen molar-refractivity contribution in [1.82, 2.24) is 5.32 Å². The third-order valence-electron chi connectivity index (χ3n) is 5.51. The van der Waals surface area contributed by atoms with E-state index < -0.39 is 12.1 Å². The Kier molecular flexibility index (Phi) is 5.79. The highest BCUT2D eigenvalue weighted by Crippen LogP contribution is 2.36. The monoisotopic (exact) mass is 422 g/mol. The highest BCUT2D eigenvalue weighted by molar-refractivity contribution is 6.11. The van der Waals surface area contributed by atoms with Crippen LogP contribution in [-0.2, 0) is 14.4 Å². The number of nitrogens with one attached hydrogen (secondary N) is 2. The number of amides is 3.